The Morgan fingerprint density at radius 1 is 1.11 bits per heavy atom. The van der Waals surface area contributed by atoms with Gasteiger partial charge >= 0.3 is 6.18 Å². The molecule has 0 unspecified atom stereocenters. The average Bonchev–Trinajstić information content (AvgIpc) is 2.61. The average molecular weight is 423 g/mol. The van der Waals surface area contributed by atoms with Crippen LogP contribution in [-0.4, -0.2) is 30.3 Å². The van der Waals surface area contributed by atoms with Crippen molar-refractivity contribution in [3.63, 3.8) is 0 Å². The Morgan fingerprint density at radius 3 is 2.59 bits per heavy atom. The molecule has 0 saturated carbocycles. The van der Waals surface area contributed by atoms with Crippen LogP contribution < -0.4 is 14.8 Å². The maximum atomic E-state index is 12.1. The molecule has 0 fully saturated rings. The molecule has 0 aliphatic carbocycles. The molecular weight excluding hydrogens is 408 g/mol. The van der Waals surface area contributed by atoms with Crippen LogP contribution >= 0.6 is 23.2 Å². The van der Waals surface area contributed by atoms with E-state index < -0.39 is 12.8 Å². The van der Waals surface area contributed by atoms with Gasteiger partial charge in [-0.25, -0.2) is 4.98 Å². The largest absolute Gasteiger partial charge is 0.493 e. The number of hydrogen-bond donors (Lipinski definition) is 1. The van der Waals surface area contributed by atoms with Gasteiger partial charge in [-0.1, -0.05) is 23.2 Å². The van der Waals surface area contributed by atoms with E-state index in [0.717, 1.165) is 0 Å². The van der Waals surface area contributed by atoms with E-state index in [9.17, 15) is 18.0 Å². The van der Waals surface area contributed by atoms with Crippen LogP contribution in [0.25, 0.3) is 0 Å². The lowest BCUT2D eigenvalue weighted by Crippen LogP contribution is -2.24. The van der Waals surface area contributed by atoms with Crippen molar-refractivity contribution >= 4 is 29.1 Å². The predicted octanol–water partition coefficient (Wildman–Crippen LogP) is 4.41. The number of aromatic nitrogens is 1. The van der Waals surface area contributed by atoms with Gasteiger partial charge in [0.2, 0.25) is 11.8 Å². The molecule has 2 rings (SSSR count). The number of hydrogen-bond acceptors (Lipinski definition) is 4. The first-order valence-electron chi connectivity index (χ1n) is 7.72. The van der Waals surface area contributed by atoms with Crippen molar-refractivity contribution in [1.82, 2.24) is 10.3 Å². The molecule has 0 atom stereocenters. The fourth-order valence-electron chi connectivity index (χ4n) is 1.91. The van der Waals surface area contributed by atoms with E-state index in [1.54, 1.807) is 24.3 Å². The highest BCUT2D eigenvalue weighted by Gasteiger charge is 2.28. The first-order chi connectivity index (χ1) is 12.7. The smallest absolute Gasteiger partial charge is 0.422 e. The number of carbonyl (C=O) groups excluding carboxylic acids is 1. The van der Waals surface area contributed by atoms with Crippen LogP contribution in [0.3, 0.4) is 0 Å². The van der Waals surface area contributed by atoms with Gasteiger partial charge in [-0.3, -0.25) is 4.79 Å². The van der Waals surface area contributed by atoms with Crippen LogP contribution in [0.1, 0.15) is 12.0 Å². The van der Waals surface area contributed by atoms with E-state index in [4.69, 9.17) is 27.9 Å². The summed E-state index contributed by atoms with van der Waals surface area (Å²) in [7, 11) is 0. The number of nitrogens with zero attached hydrogens (tertiary/aromatic N) is 1. The summed E-state index contributed by atoms with van der Waals surface area (Å²) in [4.78, 5) is 15.5. The lowest BCUT2D eigenvalue weighted by atomic mass is 10.2. The summed E-state index contributed by atoms with van der Waals surface area (Å²) in [6.07, 6.45) is -3.05. The second-order valence-electron chi connectivity index (χ2n) is 5.36. The molecule has 1 N–H and O–H groups in total. The van der Waals surface area contributed by atoms with Crippen LogP contribution in [0.5, 0.6) is 11.6 Å². The number of nitrogens with one attached hydrogen (secondary N) is 1. The Hall–Kier alpha value is -2.19. The molecule has 146 valence electrons. The van der Waals surface area contributed by atoms with E-state index >= 15 is 0 Å². The second kappa shape index (κ2) is 9.66. The number of rotatable bonds is 8. The molecule has 0 aliphatic heterocycles. The number of alkyl halides is 3. The minimum atomic E-state index is -4.44. The monoisotopic (exact) mass is 422 g/mol. The molecule has 0 aliphatic rings. The molecule has 1 heterocycles. The third kappa shape index (κ3) is 7.92. The van der Waals surface area contributed by atoms with Gasteiger partial charge in [0, 0.05) is 24.9 Å². The number of halogens is 5. The van der Waals surface area contributed by atoms with Crippen LogP contribution in [-0.2, 0) is 11.3 Å². The first-order valence-corrected chi connectivity index (χ1v) is 8.47. The van der Waals surface area contributed by atoms with Gasteiger partial charge in [-0.05, 0) is 23.8 Å². The molecule has 1 amide bonds. The Morgan fingerprint density at radius 2 is 1.89 bits per heavy atom. The van der Waals surface area contributed by atoms with Gasteiger partial charge in [0.25, 0.3) is 0 Å². The Bertz CT molecular complexity index is 788. The summed E-state index contributed by atoms with van der Waals surface area (Å²) in [5, 5.41) is 3.38. The van der Waals surface area contributed by atoms with Crippen LogP contribution in [0.15, 0.2) is 36.5 Å². The normalized spacial score (nSPS) is 11.1. The maximum absolute atomic E-state index is 12.1. The molecule has 0 saturated heterocycles. The molecule has 10 heteroatoms. The quantitative estimate of drug-likeness (QED) is 0.683. The van der Waals surface area contributed by atoms with Crippen molar-refractivity contribution in [3.8, 4) is 11.6 Å². The number of benzene rings is 1. The van der Waals surface area contributed by atoms with E-state index in [0.29, 0.717) is 21.4 Å². The third-order valence-electron chi connectivity index (χ3n) is 3.16. The van der Waals surface area contributed by atoms with E-state index in [-0.39, 0.29) is 31.4 Å². The molecule has 0 bridgehead atoms. The predicted molar refractivity (Wildman–Crippen MR) is 94.2 cm³/mol. The van der Waals surface area contributed by atoms with Gasteiger partial charge in [0.1, 0.15) is 5.75 Å². The molecule has 0 radical (unpaired) electrons. The molecule has 0 spiro atoms. The molecule has 1 aromatic heterocycles. The number of pyridine rings is 1. The SMILES string of the molecule is O=C(CCOc1ccc(Cl)c(Cl)c1)NCc1ccnc(OCC(F)(F)F)c1. The lowest BCUT2D eigenvalue weighted by molar-refractivity contribution is -0.154. The standard InChI is InChI=1S/C17H15Cl2F3N2O3/c18-13-2-1-12(8-14(13)19)26-6-4-15(25)24-9-11-3-5-23-16(7-11)27-10-17(20,21)22/h1-3,5,7-8H,4,6,9-10H2,(H,24,25). The van der Waals surface area contributed by atoms with Gasteiger partial charge < -0.3 is 14.8 Å². The fourth-order valence-corrected chi connectivity index (χ4v) is 2.20. The topological polar surface area (TPSA) is 60.5 Å². The van der Waals surface area contributed by atoms with Crippen LogP contribution in [0.2, 0.25) is 10.0 Å². The van der Waals surface area contributed by atoms with Crippen LogP contribution in [0.4, 0.5) is 13.2 Å². The highest BCUT2D eigenvalue weighted by Crippen LogP contribution is 2.26. The summed E-state index contributed by atoms with van der Waals surface area (Å²) < 4.78 is 46.4. The zero-order chi connectivity index (χ0) is 19.9. The molecule has 27 heavy (non-hydrogen) atoms. The van der Waals surface area contributed by atoms with Crippen molar-refractivity contribution in [1.29, 1.82) is 0 Å². The number of ether oxygens (including phenoxy) is 2. The zero-order valence-corrected chi connectivity index (χ0v) is 15.4. The fraction of sp³-hybridized carbons (Fsp3) is 0.294. The van der Waals surface area contributed by atoms with Gasteiger partial charge in [0.05, 0.1) is 23.1 Å². The number of amides is 1. The maximum Gasteiger partial charge on any atom is 0.422 e. The minimum Gasteiger partial charge on any atom is -0.493 e. The van der Waals surface area contributed by atoms with Crippen LogP contribution in [0, 0.1) is 0 Å². The molecule has 5 nitrogen and oxygen atoms in total. The summed E-state index contributed by atoms with van der Waals surface area (Å²) in [5.74, 6) is 0.0319. The summed E-state index contributed by atoms with van der Waals surface area (Å²) in [5.41, 5.74) is 0.556. The number of carbonyl (C=O) groups is 1. The Balaban J connectivity index is 1.74. The highest BCUT2D eigenvalue weighted by atomic mass is 35.5. The van der Waals surface area contributed by atoms with Crippen molar-refractivity contribution in [2.45, 2.75) is 19.1 Å². The van der Waals surface area contributed by atoms with Crippen molar-refractivity contribution in [2.24, 2.45) is 0 Å². The van der Waals surface area contributed by atoms with E-state index in [1.165, 1.54) is 12.3 Å². The second-order valence-corrected chi connectivity index (χ2v) is 6.17. The van der Waals surface area contributed by atoms with Gasteiger partial charge in [0.15, 0.2) is 6.61 Å². The molecular formula is C17H15Cl2F3N2O3. The summed E-state index contributed by atoms with van der Waals surface area (Å²) >= 11 is 11.7. The van der Waals surface area contributed by atoms with E-state index in [1.807, 2.05) is 0 Å². The van der Waals surface area contributed by atoms with Gasteiger partial charge in [-0.2, -0.15) is 13.2 Å². The Labute approximate surface area is 163 Å². The Kier molecular flexibility index (Phi) is 7.55. The van der Waals surface area contributed by atoms with Crippen molar-refractivity contribution in [2.75, 3.05) is 13.2 Å². The molecule has 1 aromatic carbocycles. The van der Waals surface area contributed by atoms with Gasteiger partial charge in [-0.15, -0.1) is 0 Å². The zero-order valence-electron chi connectivity index (χ0n) is 13.9. The first kappa shape index (κ1) is 21.1. The highest BCUT2D eigenvalue weighted by molar-refractivity contribution is 6.42. The minimum absolute atomic E-state index is 0.0861. The summed E-state index contributed by atoms with van der Waals surface area (Å²) in [6, 6.07) is 7.65. The molecule has 2 aromatic rings. The van der Waals surface area contributed by atoms with Crippen molar-refractivity contribution < 1.29 is 27.4 Å². The third-order valence-corrected chi connectivity index (χ3v) is 3.90. The summed E-state index contributed by atoms with van der Waals surface area (Å²) in [6.45, 7) is -1.18. The lowest BCUT2D eigenvalue weighted by Gasteiger charge is -2.10. The van der Waals surface area contributed by atoms with E-state index in [2.05, 4.69) is 15.0 Å². The van der Waals surface area contributed by atoms with Crippen molar-refractivity contribution in [3.05, 3.63) is 52.1 Å².